The molecule has 2 fully saturated rings. The van der Waals surface area contributed by atoms with Gasteiger partial charge in [0.1, 0.15) is 11.5 Å². The number of carbonyl (C=O) groups excluding carboxylic acids is 1. The van der Waals surface area contributed by atoms with Crippen LogP contribution in [0.25, 0.3) is 0 Å². The zero-order valence-corrected chi connectivity index (χ0v) is 20.9. The molecule has 7 heteroatoms. The molecular formula is C27H36N2O4S. The second-order valence-electron chi connectivity index (χ2n) is 9.82. The van der Waals surface area contributed by atoms with Gasteiger partial charge in [-0.3, -0.25) is 9.69 Å². The lowest BCUT2D eigenvalue weighted by molar-refractivity contribution is -0.123. The number of rotatable bonds is 8. The van der Waals surface area contributed by atoms with Crippen LogP contribution in [0.15, 0.2) is 53.4 Å². The smallest absolute Gasteiger partial charge is 0.220 e. The van der Waals surface area contributed by atoms with Crippen molar-refractivity contribution in [3.63, 3.8) is 0 Å². The van der Waals surface area contributed by atoms with Gasteiger partial charge in [0, 0.05) is 38.4 Å². The predicted octanol–water partition coefficient (Wildman–Crippen LogP) is 4.93. The maximum atomic E-state index is 12.4. The fraction of sp³-hybridized carbons (Fsp3) is 0.519. The first kappa shape index (κ1) is 24.7. The zero-order chi connectivity index (χ0) is 24.0. The van der Waals surface area contributed by atoms with Crippen molar-refractivity contribution in [2.75, 3.05) is 19.3 Å². The molecule has 0 unspecified atom stereocenters. The normalized spacial score (nSPS) is 18.5. The highest BCUT2D eigenvalue weighted by Gasteiger charge is 2.23. The molecule has 0 radical (unpaired) electrons. The Morgan fingerprint density at radius 3 is 2.09 bits per heavy atom. The highest BCUT2D eigenvalue weighted by atomic mass is 32.2. The molecule has 0 atom stereocenters. The van der Waals surface area contributed by atoms with E-state index in [0.29, 0.717) is 24.1 Å². The molecule has 2 aliphatic rings. The summed E-state index contributed by atoms with van der Waals surface area (Å²) in [5.74, 6) is 2.16. The Hall–Kier alpha value is -2.38. The predicted molar refractivity (Wildman–Crippen MR) is 134 cm³/mol. The summed E-state index contributed by atoms with van der Waals surface area (Å²) in [6.45, 7) is 2.85. The Labute approximate surface area is 203 Å². The number of carbonyl (C=O) groups is 1. The van der Waals surface area contributed by atoms with Crippen LogP contribution in [0.1, 0.15) is 56.9 Å². The van der Waals surface area contributed by atoms with Gasteiger partial charge in [-0.05, 0) is 73.6 Å². The van der Waals surface area contributed by atoms with Crippen molar-refractivity contribution in [3.05, 3.63) is 54.1 Å². The standard InChI is InChI=1S/C27H36N2O4S/c1-34(31,32)26-13-11-25(12-14-26)33-24-9-7-22(8-10-24)20-29-17-15-23(16-18-29)28-27(30)19-21-5-3-2-4-6-21/h7-14,21,23H,2-6,15-20H2,1H3,(H,28,30). The van der Waals surface area contributed by atoms with Crippen molar-refractivity contribution in [3.8, 4) is 11.5 Å². The largest absolute Gasteiger partial charge is 0.457 e. The van der Waals surface area contributed by atoms with Crippen LogP contribution in [-0.2, 0) is 21.2 Å². The highest BCUT2D eigenvalue weighted by molar-refractivity contribution is 7.90. The van der Waals surface area contributed by atoms with E-state index in [1.807, 2.05) is 12.1 Å². The number of likely N-dealkylation sites (tertiary alicyclic amines) is 1. The van der Waals surface area contributed by atoms with Gasteiger partial charge in [0.15, 0.2) is 9.84 Å². The number of nitrogens with one attached hydrogen (secondary N) is 1. The second kappa shape index (κ2) is 11.4. The number of nitrogens with zero attached hydrogens (tertiary/aromatic N) is 1. The molecule has 1 saturated heterocycles. The Morgan fingerprint density at radius 1 is 0.912 bits per heavy atom. The third kappa shape index (κ3) is 7.31. The number of benzene rings is 2. The van der Waals surface area contributed by atoms with Crippen LogP contribution in [0.4, 0.5) is 0 Å². The topological polar surface area (TPSA) is 75.7 Å². The van der Waals surface area contributed by atoms with Crippen LogP contribution in [0, 0.1) is 5.92 Å². The Kier molecular flexibility index (Phi) is 8.27. The number of amides is 1. The molecule has 4 rings (SSSR count). The summed E-state index contributed by atoms with van der Waals surface area (Å²) in [5.41, 5.74) is 1.22. The van der Waals surface area contributed by atoms with Crippen molar-refractivity contribution >= 4 is 15.7 Å². The number of hydrogen-bond acceptors (Lipinski definition) is 5. The molecule has 1 amide bonds. The first-order valence-corrected chi connectivity index (χ1v) is 14.3. The van der Waals surface area contributed by atoms with E-state index in [-0.39, 0.29) is 10.8 Å². The van der Waals surface area contributed by atoms with E-state index in [4.69, 9.17) is 4.74 Å². The van der Waals surface area contributed by atoms with Crippen LogP contribution in [-0.4, -0.2) is 44.6 Å². The number of piperidine rings is 1. The van der Waals surface area contributed by atoms with E-state index in [1.54, 1.807) is 24.3 Å². The maximum absolute atomic E-state index is 12.4. The van der Waals surface area contributed by atoms with E-state index >= 15 is 0 Å². The molecule has 0 bridgehead atoms. The lowest BCUT2D eigenvalue weighted by Crippen LogP contribution is -2.44. The molecule has 1 saturated carbocycles. The van der Waals surface area contributed by atoms with E-state index in [9.17, 15) is 13.2 Å². The molecule has 2 aromatic rings. The molecule has 1 aliphatic heterocycles. The summed E-state index contributed by atoms with van der Waals surface area (Å²) in [6.07, 6.45) is 10.2. The molecule has 6 nitrogen and oxygen atoms in total. The van der Waals surface area contributed by atoms with Crippen LogP contribution >= 0.6 is 0 Å². The van der Waals surface area contributed by atoms with Gasteiger partial charge in [0.2, 0.25) is 5.91 Å². The average molecular weight is 485 g/mol. The first-order chi connectivity index (χ1) is 16.3. The monoisotopic (exact) mass is 484 g/mol. The van der Waals surface area contributed by atoms with Crippen LogP contribution < -0.4 is 10.1 Å². The van der Waals surface area contributed by atoms with Crippen molar-refractivity contribution in [1.29, 1.82) is 0 Å². The quantitative estimate of drug-likeness (QED) is 0.575. The van der Waals surface area contributed by atoms with Crippen molar-refractivity contribution in [1.82, 2.24) is 10.2 Å². The Morgan fingerprint density at radius 2 is 1.50 bits per heavy atom. The van der Waals surface area contributed by atoms with Gasteiger partial charge in [-0.2, -0.15) is 0 Å². The fourth-order valence-corrected chi connectivity index (χ4v) is 5.62. The van der Waals surface area contributed by atoms with E-state index in [0.717, 1.165) is 38.2 Å². The first-order valence-electron chi connectivity index (χ1n) is 12.4. The molecule has 0 aromatic heterocycles. The summed E-state index contributed by atoms with van der Waals surface area (Å²) in [6, 6.07) is 14.8. The molecule has 2 aromatic carbocycles. The minimum absolute atomic E-state index is 0.242. The second-order valence-corrected chi connectivity index (χ2v) is 11.8. The summed E-state index contributed by atoms with van der Waals surface area (Å²) in [4.78, 5) is 15.1. The number of ether oxygens (including phenoxy) is 1. The molecular weight excluding hydrogens is 448 g/mol. The van der Waals surface area contributed by atoms with Gasteiger partial charge in [-0.1, -0.05) is 31.4 Å². The minimum Gasteiger partial charge on any atom is -0.457 e. The van der Waals surface area contributed by atoms with Crippen molar-refractivity contribution in [2.45, 2.75) is 68.8 Å². The van der Waals surface area contributed by atoms with E-state index in [2.05, 4.69) is 22.3 Å². The number of sulfone groups is 1. The average Bonchev–Trinajstić information content (AvgIpc) is 2.82. The third-order valence-corrected chi connectivity index (χ3v) is 8.10. The van der Waals surface area contributed by atoms with Gasteiger partial charge in [0.05, 0.1) is 4.90 Å². The summed E-state index contributed by atoms with van der Waals surface area (Å²) in [7, 11) is -3.21. The van der Waals surface area contributed by atoms with Crippen molar-refractivity contribution in [2.24, 2.45) is 5.92 Å². The highest BCUT2D eigenvalue weighted by Crippen LogP contribution is 2.27. The van der Waals surface area contributed by atoms with Crippen LogP contribution in [0.2, 0.25) is 0 Å². The van der Waals surface area contributed by atoms with Gasteiger partial charge >= 0.3 is 0 Å². The molecule has 1 aliphatic carbocycles. The summed E-state index contributed by atoms with van der Waals surface area (Å²) < 4.78 is 29.0. The lowest BCUT2D eigenvalue weighted by atomic mass is 9.86. The molecule has 34 heavy (non-hydrogen) atoms. The maximum Gasteiger partial charge on any atom is 0.220 e. The van der Waals surface area contributed by atoms with Gasteiger partial charge < -0.3 is 10.1 Å². The van der Waals surface area contributed by atoms with Crippen LogP contribution in [0.3, 0.4) is 0 Å². The molecule has 1 heterocycles. The Bertz CT molecular complexity index is 1040. The molecule has 0 spiro atoms. The zero-order valence-electron chi connectivity index (χ0n) is 20.0. The minimum atomic E-state index is -3.21. The third-order valence-electron chi connectivity index (χ3n) is 6.97. The lowest BCUT2D eigenvalue weighted by Gasteiger charge is -2.32. The fourth-order valence-electron chi connectivity index (χ4n) is 4.99. The van der Waals surface area contributed by atoms with Crippen molar-refractivity contribution < 1.29 is 17.9 Å². The van der Waals surface area contributed by atoms with E-state index < -0.39 is 9.84 Å². The van der Waals surface area contributed by atoms with Crippen LogP contribution in [0.5, 0.6) is 11.5 Å². The van der Waals surface area contributed by atoms with Gasteiger partial charge in [-0.15, -0.1) is 0 Å². The van der Waals surface area contributed by atoms with E-state index in [1.165, 1.54) is 43.9 Å². The summed E-state index contributed by atoms with van der Waals surface area (Å²) >= 11 is 0. The molecule has 1 N–H and O–H groups in total. The summed E-state index contributed by atoms with van der Waals surface area (Å²) in [5, 5.41) is 3.28. The Balaban J connectivity index is 1.19. The SMILES string of the molecule is CS(=O)(=O)c1ccc(Oc2ccc(CN3CCC(NC(=O)CC4CCCCC4)CC3)cc2)cc1. The number of hydrogen-bond donors (Lipinski definition) is 1. The van der Waals surface area contributed by atoms with Gasteiger partial charge in [-0.25, -0.2) is 8.42 Å². The molecule has 184 valence electrons. The van der Waals surface area contributed by atoms with Gasteiger partial charge in [0.25, 0.3) is 0 Å².